The maximum Gasteiger partial charge on any atom is 0.328 e. The Hall–Kier alpha value is -2.17. The summed E-state index contributed by atoms with van der Waals surface area (Å²) in [4.78, 5) is 10.8. The smallest absolute Gasteiger partial charge is 0.328 e. The fraction of sp³-hybridized carbons (Fsp3) is 0.167. The van der Waals surface area contributed by atoms with Crippen LogP contribution in [0.5, 0.6) is 0 Å². The van der Waals surface area contributed by atoms with Gasteiger partial charge in [0.1, 0.15) is 11.9 Å². The zero-order valence-corrected chi connectivity index (χ0v) is 9.17. The number of carboxylic acid groups (broad SMARTS) is 1. The highest BCUT2D eigenvalue weighted by Gasteiger charge is 2.15. The predicted molar refractivity (Wildman–Crippen MR) is 60.0 cm³/mol. The van der Waals surface area contributed by atoms with Crippen molar-refractivity contribution in [1.29, 1.82) is 0 Å². The van der Waals surface area contributed by atoms with Crippen molar-refractivity contribution < 1.29 is 14.3 Å². The monoisotopic (exact) mass is 234 g/mol. The topological polar surface area (TPSA) is 55.1 Å². The van der Waals surface area contributed by atoms with Gasteiger partial charge in [-0.25, -0.2) is 9.18 Å². The summed E-state index contributed by atoms with van der Waals surface area (Å²) in [6, 6.07) is 5.53. The molecule has 0 aliphatic heterocycles. The van der Waals surface area contributed by atoms with E-state index in [1.165, 1.54) is 30.1 Å². The Morgan fingerprint density at radius 3 is 2.82 bits per heavy atom. The van der Waals surface area contributed by atoms with Crippen LogP contribution in [0.4, 0.5) is 4.39 Å². The third-order valence-corrected chi connectivity index (χ3v) is 2.54. The molecule has 0 radical (unpaired) electrons. The molecule has 0 saturated heterocycles. The Balaban J connectivity index is 2.37. The minimum atomic E-state index is -0.979. The van der Waals surface area contributed by atoms with Crippen molar-refractivity contribution in [3.8, 4) is 11.1 Å². The van der Waals surface area contributed by atoms with Gasteiger partial charge in [-0.3, -0.25) is 4.68 Å². The summed E-state index contributed by atoms with van der Waals surface area (Å²) in [5, 5.41) is 12.8. The number of aliphatic carboxylic acids is 1. The van der Waals surface area contributed by atoms with Gasteiger partial charge in [0, 0.05) is 17.3 Å². The highest BCUT2D eigenvalue weighted by molar-refractivity contribution is 5.71. The molecule has 5 heteroatoms. The van der Waals surface area contributed by atoms with E-state index in [0.29, 0.717) is 11.1 Å². The fourth-order valence-electron chi connectivity index (χ4n) is 1.50. The van der Waals surface area contributed by atoms with E-state index in [1.807, 2.05) is 0 Å². The second kappa shape index (κ2) is 4.37. The molecule has 1 unspecified atom stereocenters. The molecule has 1 aromatic heterocycles. The minimum Gasteiger partial charge on any atom is -0.480 e. The summed E-state index contributed by atoms with van der Waals surface area (Å²) < 4.78 is 14.8. The summed E-state index contributed by atoms with van der Waals surface area (Å²) in [7, 11) is 0. The van der Waals surface area contributed by atoms with E-state index in [4.69, 9.17) is 5.11 Å². The number of halogens is 1. The molecule has 0 aliphatic carbocycles. The van der Waals surface area contributed by atoms with Crippen molar-refractivity contribution in [2.75, 3.05) is 0 Å². The molecule has 0 spiro atoms. The molecule has 2 aromatic rings. The quantitative estimate of drug-likeness (QED) is 0.886. The Morgan fingerprint density at radius 2 is 2.18 bits per heavy atom. The third kappa shape index (κ3) is 2.18. The fourth-order valence-corrected chi connectivity index (χ4v) is 1.50. The van der Waals surface area contributed by atoms with E-state index in [2.05, 4.69) is 5.10 Å². The lowest BCUT2D eigenvalue weighted by molar-refractivity contribution is -0.140. The normalized spacial score (nSPS) is 12.4. The van der Waals surface area contributed by atoms with Crippen molar-refractivity contribution in [3.63, 3.8) is 0 Å². The summed E-state index contributed by atoms with van der Waals surface area (Å²) in [5.74, 6) is -1.33. The molecule has 1 heterocycles. The van der Waals surface area contributed by atoms with E-state index in [9.17, 15) is 9.18 Å². The Labute approximate surface area is 97.3 Å². The Kier molecular flexibility index (Phi) is 2.91. The molecular weight excluding hydrogens is 223 g/mol. The third-order valence-electron chi connectivity index (χ3n) is 2.54. The van der Waals surface area contributed by atoms with Gasteiger partial charge >= 0.3 is 5.97 Å². The van der Waals surface area contributed by atoms with Crippen molar-refractivity contribution in [1.82, 2.24) is 9.78 Å². The zero-order chi connectivity index (χ0) is 12.4. The van der Waals surface area contributed by atoms with E-state index in [1.54, 1.807) is 18.2 Å². The lowest BCUT2D eigenvalue weighted by atomic mass is 10.1. The van der Waals surface area contributed by atoms with Crippen LogP contribution in [0.2, 0.25) is 0 Å². The van der Waals surface area contributed by atoms with Crippen molar-refractivity contribution in [3.05, 3.63) is 42.5 Å². The van der Waals surface area contributed by atoms with Crippen LogP contribution in [-0.2, 0) is 4.79 Å². The first-order valence-corrected chi connectivity index (χ1v) is 5.11. The van der Waals surface area contributed by atoms with Gasteiger partial charge < -0.3 is 5.11 Å². The molecule has 0 aliphatic rings. The lowest BCUT2D eigenvalue weighted by Gasteiger charge is -2.05. The maximum absolute atomic E-state index is 13.5. The summed E-state index contributed by atoms with van der Waals surface area (Å²) >= 11 is 0. The number of rotatable bonds is 3. The largest absolute Gasteiger partial charge is 0.480 e. The molecule has 2 rings (SSSR count). The van der Waals surface area contributed by atoms with Crippen LogP contribution >= 0.6 is 0 Å². The number of aromatic nitrogens is 2. The average molecular weight is 234 g/mol. The van der Waals surface area contributed by atoms with Gasteiger partial charge in [0.2, 0.25) is 0 Å². The molecule has 17 heavy (non-hydrogen) atoms. The molecule has 0 amide bonds. The molecular formula is C12H11FN2O2. The van der Waals surface area contributed by atoms with Gasteiger partial charge in [-0.1, -0.05) is 18.2 Å². The molecule has 1 atom stereocenters. The van der Waals surface area contributed by atoms with Crippen LogP contribution in [0, 0.1) is 5.82 Å². The van der Waals surface area contributed by atoms with E-state index in [-0.39, 0.29) is 5.82 Å². The Morgan fingerprint density at radius 1 is 1.47 bits per heavy atom. The van der Waals surface area contributed by atoms with Gasteiger partial charge in [-0.05, 0) is 13.0 Å². The van der Waals surface area contributed by atoms with Crippen LogP contribution in [0.1, 0.15) is 13.0 Å². The number of hydrogen-bond acceptors (Lipinski definition) is 2. The van der Waals surface area contributed by atoms with E-state index in [0.717, 1.165) is 0 Å². The standard InChI is InChI=1S/C12H11FN2O2/c1-8(12(16)17)15-7-9(6-14-15)10-4-2-3-5-11(10)13/h2-8H,1H3,(H,16,17). The number of carboxylic acids is 1. The first-order valence-electron chi connectivity index (χ1n) is 5.11. The molecule has 0 bridgehead atoms. The summed E-state index contributed by atoms with van der Waals surface area (Å²) in [6.07, 6.45) is 2.98. The molecule has 1 aromatic carbocycles. The number of carbonyl (C=O) groups is 1. The highest BCUT2D eigenvalue weighted by Crippen LogP contribution is 2.22. The molecule has 88 valence electrons. The average Bonchev–Trinajstić information content (AvgIpc) is 2.77. The van der Waals surface area contributed by atoms with Gasteiger partial charge in [-0.2, -0.15) is 5.10 Å². The number of hydrogen-bond donors (Lipinski definition) is 1. The molecule has 0 fully saturated rings. The van der Waals surface area contributed by atoms with E-state index >= 15 is 0 Å². The van der Waals surface area contributed by atoms with Gasteiger partial charge in [0.15, 0.2) is 0 Å². The first kappa shape index (κ1) is 11.3. The number of benzene rings is 1. The Bertz CT molecular complexity index is 551. The lowest BCUT2D eigenvalue weighted by Crippen LogP contribution is -2.15. The van der Waals surface area contributed by atoms with Crippen molar-refractivity contribution in [2.24, 2.45) is 0 Å². The zero-order valence-electron chi connectivity index (χ0n) is 9.17. The van der Waals surface area contributed by atoms with Crippen LogP contribution in [0.15, 0.2) is 36.7 Å². The minimum absolute atomic E-state index is 0.352. The second-order valence-electron chi connectivity index (χ2n) is 3.70. The van der Waals surface area contributed by atoms with Crippen molar-refractivity contribution >= 4 is 5.97 Å². The van der Waals surface area contributed by atoms with Crippen LogP contribution in [0.3, 0.4) is 0 Å². The van der Waals surface area contributed by atoms with Gasteiger partial charge in [0.25, 0.3) is 0 Å². The number of nitrogens with zero attached hydrogens (tertiary/aromatic N) is 2. The highest BCUT2D eigenvalue weighted by atomic mass is 19.1. The van der Waals surface area contributed by atoms with E-state index < -0.39 is 12.0 Å². The summed E-state index contributed by atoms with van der Waals surface area (Å²) in [6.45, 7) is 1.51. The van der Waals surface area contributed by atoms with Crippen molar-refractivity contribution in [2.45, 2.75) is 13.0 Å². The summed E-state index contributed by atoms with van der Waals surface area (Å²) in [5.41, 5.74) is 0.979. The first-order chi connectivity index (χ1) is 8.09. The maximum atomic E-state index is 13.5. The molecule has 1 N–H and O–H groups in total. The van der Waals surface area contributed by atoms with Crippen LogP contribution in [0.25, 0.3) is 11.1 Å². The SMILES string of the molecule is CC(C(=O)O)n1cc(-c2ccccc2F)cn1. The van der Waals surface area contributed by atoms with Gasteiger partial charge in [-0.15, -0.1) is 0 Å². The van der Waals surface area contributed by atoms with Gasteiger partial charge in [0.05, 0.1) is 6.20 Å². The van der Waals surface area contributed by atoms with Crippen LogP contribution < -0.4 is 0 Å². The molecule has 4 nitrogen and oxygen atoms in total. The molecule has 0 saturated carbocycles. The van der Waals surface area contributed by atoms with Crippen LogP contribution in [-0.4, -0.2) is 20.9 Å². The predicted octanol–water partition coefficient (Wildman–Crippen LogP) is 2.33. The second-order valence-corrected chi connectivity index (χ2v) is 3.70.